The molecule has 2 heterocycles. The van der Waals surface area contributed by atoms with Gasteiger partial charge in [0.15, 0.2) is 0 Å². The summed E-state index contributed by atoms with van der Waals surface area (Å²) in [5.41, 5.74) is 3.92. The molecule has 6 nitrogen and oxygen atoms in total. The van der Waals surface area contributed by atoms with Crippen LogP contribution < -0.4 is 11.3 Å². The first kappa shape index (κ1) is 14.4. The Hall–Kier alpha value is -0.980. The second-order valence-electron chi connectivity index (χ2n) is 5.94. The van der Waals surface area contributed by atoms with Crippen LogP contribution in [0.1, 0.15) is 51.3 Å². The minimum atomic E-state index is -0.0609. The molecular weight excluding hydrogens is 240 g/mol. The summed E-state index contributed by atoms with van der Waals surface area (Å²) in [5.74, 6) is 5.82. The number of rotatable bonds is 4. The van der Waals surface area contributed by atoms with Crippen LogP contribution in [0.5, 0.6) is 0 Å². The average Bonchev–Trinajstić information content (AvgIpc) is 2.66. The fourth-order valence-electron chi connectivity index (χ4n) is 3.04. The summed E-state index contributed by atoms with van der Waals surface area (Å²) in [6, 6.07) is 0.0191. The SMILES string of the molecule is Cn1nncc1C(NN)C(C)(C)N1CCCCCC1. The zero-order valence-corrected chi connectivity index (χ0v) is 12.3. The van der Waals surface area contributed by atoms with Crippen LogP contribution in [0.25, 0.3) is 0 Å². The smallest absolute Gasteiger partial charge is 0.0823 e. The summed E-state index contributed by atoms with van der Waals surface area (Å²) in [5, 5.41) is 7.98. The van der Waals surface area contributed by atoms with Crippen molar-refractivity contribution in [3.05, 3.63) is 11.9 Å². The molecule has 3 N–H and O–H groups in total. The summed E-state index contributed by atoms with van der Waals surface area (Å²) < 4.78 is 1.80. The third-order valence-corrected chi connectivity index (χ3v) is 4.34. The molecule has 2 rings (SSSR count). The maximum absolute atomic E-state index is 5.82. The van der Waals surface area contributed by atoms with Crippen molar-refractivity contribution < 1.29 is 0 Å². The van der Waals surface area contributed by atoms with Crippen molar-refractivity contribution in [1.82, 2.24) is 25.3 Å². The minimum absolute atomic E-state index is 0.0191. The molecule has 6 heteroatoms. The van der Waals surface area contributed by atoms with Gasteiger partial charge in [0.05, 0.1) is 17.9 Å². The quantitative estimate of drug-likeness (QED) is 0.628. The molecule has 0 amide bonds. The normalized spacial score (nSPS) is 20.2. The predicted octanol–water partition coefficient (Wildman–Crippen LogP) is 0.974. The highest BCUT2D eigenvalue weighted by Gasteiger charge is 2.37. The molecule has 1 aliphatic heterocycles. The number of nitrogens with two attached hydrogens (primary N) is 1. The molecule has 1 aliphatic rings. The van der Waals surface area contributed by atoms with Gasteiger partial charge in [0, 0.05) is 12.6 Å². The highest BCUT2D eigenvalue weighted by Crippen LogP contribution is 2.31. The number of nitrogens with one attached hydrogen (secondary N) is 1. The number of hydrogen-bond acceptors (Lipinski definition) is 5. The molecule has 1 unspecified atom stereocenters. The van der Waals surface area contributed by atoms with Gasteiger partial charge in [0.1, 0.15) is 0 Å². The predicted molar refractivity (Wildman–Crippen MR) is 75.2 cm³/mol. The fourth-order valence-corrected chi connectivity index (χ4v) is 3.04. The third-order valence-electron chi connectivity index (χ3n) is 4.34. The van der Waals surface area contributed by atoms with Crippen LogP contribution in [-0.2, 0) is 7.05 Å². The zero-order valence-electron chi connectivity index (χ0n) is 12.3. The van der Waals surface area contributed by atoms with Gasteiger partial charge in [0.25, 0.3) is 0 Å². The molecule has 0 bridgehead atoms. The minimum Gasteiger partial charge on any atom is -0.296 e. The van der Waals surface area contributed by atoms with Crippen LogP contribution >= 0.6 is 0 Å². The first-order chi connectivity index (χ1) is 9.07. The molecule has 0 spiro atoms. The van der Waals surface area contributed by atoms with E-state index in [1.54, 1.807) is 10.9 Å². The van der Waals surface area contributed by atoms with E-state index in [1.807, 2.05) is 7.05 Å². The molecule has 0 aromatic carbocycles. The molecule has 1 aromatic rings. The number of hydrogen-bond donors (Lipinski definition) is 2. The van der Waals surface area contributed by atoms with Gasteiger partial charge >= 0.3 is 0 Å². The lowest BCUT2D eigenvalue weighted by atomic mass is 9.90. The van der Waals surface area contributed by atoms with E-state index >= 15 is 0 Å². The second-order valence-corrected chi connectivity index (χ2v) is 5.94. The van der Waals surface area contributed by atoms with Gasteiger partial charge in [-0.05, 0) is 39.8 Å². The molecule has 0 aliphatic carbocycles. The van der Waals surface area contributed by atoms with E-state index < -0.39 is 0 Å². The van der Waals surface area contributed by atoms with Crippen molar-refractivity contribution in [1.29, 1.82) is 0 Å². The van der Waals surface area contributed by atoms with E-state index in [2.05, 4.69) is 34.5 Å². The Morgan fingerprint density at radius 1 is 1.26 bits per heavy atom. The summed E-state index contributed by atoms with van der Waals surface area (Å²) in [4.78, 5) is 2.54. The van der Waals surface area contributed by atoms with Crippen molar-refractivity contribution in [3.63, 3.8) is 0 Å². The second kappa shape index (κ2) is 5.98. The average molecular weight is 266 g/mol. The van der Waals surface area contributed by atoms with Crippen LogP contribution in [0, 0.1) is 0 Å². The summed E-state index contributed by atoms with van der Waals surface area (Å²) >= 11 is 0. The van der Waals surface area contributed by atoms with Crippen molar-refractivity contribution >= 4 is 0 Å². The number of likely N-dealkylation sites (tertiary alicyclic amines) is 1. The Balaban J connectivity index is 2.22. The van der Waals surface area contributed by atoms with Crippen LogP contribution in [0.3, 0.4) is 0 Å². The van der Waals surface area contributed by atoms with E-state index in [9.17, 15) is 0 Å². The topological polar surface area (TPSA) is 72.0 Å². The van der Waals surface area contributed by atoms with Gasteiger partial charge in [-0.25, -0.2) is 5.43 Å². The zero-order chi connectivity index (χ0) is 13.9. The molecular formula is C13H26N6. The molecule has 1 aromatic heterocycles. The molecule has 1 fully saturated rings. The Bertz CT molecular complexity index is 392. The lowest BCUT2D eigenvalue weighted by molar-refractivity contribution is 0.0803. The van der Waals surface area contributed by atoms with Crippen LogP contribution in [0.15, 0.2) is 6.20 Å². The van der Waals surface area contributed by atoms with Gasteiger partial charge in [-0.1, -0.05) is 18.1 Å². The van der Waals surface area contributed by atoms with E-state index in [0.717, 1.165) is 18.8 Å². The first-order valence-electron chi connectivity index (χ1n) is 7.13. The lowest BCUT2D eigenvalue weighted by Crippen LogP contribution is -2.55. The molecule has 0 radical (unpaired) electrons. The molecule has 19 heavy (non-hydrogen) atoms. The Morgan fingerprint density at radius 2 is 1.89 bits per heavy atom. The highest BCUT2D eigenvalue weighted by atomic mass is 15.4. The van der Waals surface area contributed by atoms with Gasteiger partial charge in [-0.15, -0.1) is 5.10 Å². The number of aryl methyl sites for hydroxylation is 1. The Morgan fingerprint density at radius 3 is 2.37 bits per heavy atom. The molecule has 1 atom stereocenters. The number of hydrazine groups is 1. The van der Waals surface area contributed by atoms with Crippen molar-refractivity contribution in [2.24, 2.45) is 12.9 Å². The monoisotopic (exact) mass is 266 g/mol. The van der Waals surface area contributed by atoms with Crippen LogP contribution in [-0.4, -0.2) is 38.5 Å². The van der Waals surface area contributed by atoms with Gasteiger partial charge in [-0.2, -0.15) is 0 Å². The van der Waals surface area contributed by atoms with E-state index in [-0.39, 0.29) is 11.6 Å². The van der Waals surface area contributed by atoms with Crippen molar-refractivity contribution in [2.75, 3.05) is 13.1 Å². The molecule has 108 valence electrons. The third kappa shape index (κ3) is 2.96. The van der Waals surface area contributed by atoms with Crippen LogP contribution in [0.2, 0.25) is 0 Å². The number of nitrogens with zero attached hydrogens (tertiary/aromatic N) is 4. The van der Waals surface area contributed by atoms with Crippen LogP contribution in [0.4, 0.5) is 0 Å². The summed E-state index contributed by atoms with van der Waals surface area (Å²) in [6.07, 6.45) is 7.00. The largest absolute Gasteiger partial charge is 0.296 e. The molecule has 0 saturated carbocycles. The number of aromatic nitrogens is 3. The lowest BCUT2D eigenvalue weighted by Gasteiger charge is -2.43. The van der Waals surface area contributed by atoms with E-state index in [4.69, 9.17) is 5.84 Å². The summed E-state index contributed by atoms with van der Waals surface area (Å²) in [7, 11) is 1.91. The van der Waals surface area contributed by atoms with E-state index in [0.29, 0.717) is 0 Å². The van der Waals surface area contributed by atoms with Gasteiger partial charge < -0.3 is 0 Å². The van der Waals surface area contributed by atoms with Crippen molar-refractivity contribution in [2.45, 2.75) is 51.1 Å². The van der Waals surface area contributed by atoms with Crippen molar-refractivity contribution in [3.8, 4) is 0 Å². The first-order valence-corrected chi connectivity index (χ1v) is 7.13. The maximum atomic E-state index is 5.82. The highest BCUT2D eigenvalue weighted by molar-refractivity contribution is 5.10. The standard InChI is InChI=1S/C13H26N6/c1-13(2,19-8-6-4-5-7-9-19)12(16-14)11-10-15-17-18(11)3/h10,12,16H,4-9,14H2,1-3H3. The summed E-state index contributed by atoms with van der Waals surface area (Å²) in [6.45, 7) is 6.76. The Labute approximate surface area is 115 Å². The maximum Gasteiger partial charge on any atom is 0.0823 e. The van der Waals surface area contributed by atoms with Gasteiger partial charge in [0.2, 0.25) is 0 Å². The Kier molecular flexibility index (Phi) is 4.54. The van der Waals surface area contributed by atoms with E-state index in [1.165, 1.54) is 25.7 Å². The molecule has 1 saturated heterocycles. The van der Waals surface area contributed by atoms with Gasteiger partial charge in [-0.3, -0.25) is 15.4 Å². The fraction of sp³-hybridized carbons (Fsp3) is 0.846.